The molecule has 0 fully saturated rings. The molecule has 0 aliphatic heterocycles. The molecule has 0 aliphatic rings. The van der Waals surface area contributed by atoms with Crippen LogP contribution in [-0.4, -0.2) is 27.6 Å². The first kappa shape index (κ1) is 20.3. The minimum Gasteiger partial charge on any atom is -0.343 e. The van der Waals surface area contributed by atoms with Gasteiger partial charge in [-0.15, -0.1) is 24.8 Å². The molecule has 0 saturated heterocycles. The number of nitrogens with zero attached hydrogens (tertiary/aromatic N) is 3. The second-order valence-electron chi connectivity index (χ2n) is 4.69. The minimum absolute atomic E-state index is 0. The van der Waals surface area contributed by atoms with E-state index in [2.05, 4.69) is 20.4 Å². The second-order valence-corrected chi connectivity index (χ2v) is 4.69. The van der Waals surface area contributed by atoms with Gasteiger partial charge in [-0.05, 0) is 18.1 Å². The first-order valence-corrected chi connectivity index (χ1v) is 6.35. The molecule has 7 nitrogen and oxygen atoms in total. The van der Waals surface area contributed by atoms with Crippen molar-refractivity contribution in [1.82, 2.24) is 20.4 Å². The normalized spacial score (nSPS) is 11.3. The summed E-state index contributed by atoms with van der Waals surface area (Å²) in [6, 6.07) is 3.23. The number of hydrogen-bond acceptors (Lipinski definition) is 6. The molecule has 1 amide bonds. The fourth-order valence-corrected chi connectivity index (χ4v) is 1.73. The number of rotatable bonds is 5. The van der Waals surface area contributed by atoms with Crippen LogP contribution in [0.15, 0.2) is 29.0 Å². The van der Waals surface area contributed by atoms with E-state index in [1.807, 2.05) is 13.8 Å². The molecule has 22 heavy (non-hydrogen) atoms. The number of nitrogens with one attached hydrogen (secondary N) is 1. The molecule has 2 aromatic heterocycles. The monoisotopic (exact) mass is 347 g/mol. The highest BCUT2D eigenvalue weighted by atomic mass is 35.5. The third kappa shape index (κ3) is 4.94. The number of nitrogens with two attached hydrogens (primary N) is 1. The highest BCUT2D eigenvalue weighted by Gasteiger charge is 2.24. The maximum absolute atomic E-state index is 11.4. The predicted octanol–water partition coefficient (Wildman–Crippen LogP) is 1.75. The van der Waals surface area contributed by atoms with Gasteiger partial charge in [0.2, 0.25) is 17.6 Å². The Hall–Kier alpha value is -1.70. The first-order valence-electron chi connectivity index (χ1n) is 6.35. The van der Waals surface area contributed by atoms with Gasteiger partial charge in [-0.2, -0.15) is 4.98 Å². The molecule has 2 heterocycles. The summed E-state index contributed by atoms with van der Waals surface area (Å²) in [5, 5.41) is 6.70. The molecule has 0 aliphatic carbocycles. The number of carbonyl (C=O) groups is 1. The zero-order valence-corrected chi connectivity index (χ0v) is 13.9. The van der Waals surface area contributed by atoms with Crippen molar-refractivity contribution >= 4 is 30.7 Å². The van der Waals surface area contributed by atoms with Gasteiger partial charge in [0, 0.05) is 18.0 Å². The van der Waals surface area contributed by atoms with Gasteiger partial charge < -0.3 is 15.6 Å². The number of hydrogen-bond donors (Lipinski definition) is 2. The van der Waals surface area contributed by atoms with Crippen LogP contribution in [0.3, 0.4) is 0 Å². The molecular formula is C13H19Cl2N5O2. The van der Waals surface area contributed by atoms with Gasteiger partial charge in [0.25, 0.3) is 0 Å². The number of aromatic nitrogens is 3. The molecule has 0 bridgehead atoms. The van der Waals surface area contributed by atoms with Gasteiger partial charge in [0.05, 0.1) is 6.54 Å². The summed E-state index contributed by atoms with van der Waals surface area (Å²) >= 11 is 0. The van der Waals surface area contributed by atoms with Crippen molar-refractivity contribution in [3.63, 3.8) is 0 Å². The molecule has 122 valence electrons. The Kier molecular flexibility index (Phi) is 8.62. The SMILES string of the molecule is CC(C)C(NC(=O)CN)c1nc(-c2ccncc2)no1.Cl.Cl. The van der Waals surface area contributed by atoms with E-state index in [1.54, 1.807) is 24.5 Å². The van der Waals surface area contributed by atoms with Gasteiger partial charge in [0.1, 0.15) is 6.04 Å². The maximum atomic E-state index is 11.4. The lowest BCUT2D eigenvalue weighted by Gasteiger charge is -2.17. The van der Waals surface area contributed by atoms with E-state index in [4.69, 9.17) is 10.3 Å². The van der Waals surface area contributed by atoms with Crippen LogP contribution < -0.4 is 11.1 Å². The van der Waals surface area contributed by atoms with Gasteiger partial charge in [-0.25, -0.2) is 0 Å². The fraction of sp³-hybridized carbons (Fsp3) is 0.385. The van der Waals surface area contributed by atoms with Crippen LogP contribution in [0, 0.1) is 5.92 Å². The van der Waals surface area contributed by atoms with E-state index in [1.165, 1.54) is 0 Å². The van der Waals surface area contributed by atoms with Crippen LogP contribution in [0.1, 0.15) is 25.8 Å². The molecule has 2 rings (SSSR count). The molecule has 0 spiro atoms. The van der Waals surface area contributed by atoms with Crippen LogP contribution in [0.4, 0.5) is 0 Å². The van der Waals surface area contributed by atoms with Gasteiger partial charge in [-0.1, -0.05) is 19.0 Å². The number of amides is 1. The molecule has 3 N–H and O–H groups in total. The first-order chi connectivity index (χ1) is 9.61. The number of pyridine rings is 1. The molecule has 1 atom stereocenters. The Morgan fingerprint density at radius 2 is 1.95 bits per heavy atom. The van der Waals surface area contributed by atoms with E-state index in [0.29, 0.717) is 11.7 Å². The Labute approximate surface area is 140 Å². The van der Waals surface area contributed by atoms with Crippen molar-refractivity contribution < 1.29 is 9.32 Å². The molecule has 1 unspecified atom stereocenters. The van der Waals surface area contributed by atoms with E-state index in [-0.39, 0.29) is 49.2 Å². The third-order valence-corrected chi connectivity index (χ3v) is 2.81. The smallest absolute Gasteiger partial charge is 0.249 e. The van der Waals surface area contributed by atoms with Crippen LogP contribution in [0.2, 0.25) is 0 Å². The largest absolute Gasteiger partial charge is 0.343 e. The zero-order valence-electron chi connectivity index (χ0n) is 12.2. The quantitative estimate of drug-likeness (QED) is 0.852. The standard InChI is InChI=1S/C13H17N5O2.2ClH/c1-8(2)11(16-10(19)7-14)13-17-12(18-20-13)9-3-5-15-6-4-9;;/h3-6,8,11H,7,14H2,1-2H3,(H,16,19);2*1H. The highest BCUT2D eigenvalue weighted by molar-refractivity contribution is 5.85. The van der Waals surface area contributed by atoms with E-state index in [0.717, 1.165) is 5.56 Å². The molecule has 9 heteroatoms. The lowest BCUT2D eigenvalue weighted by molar-refractivity contribution is -0.121. The summed E-state index contributed by atoms with van der Waals surface area (Å²) in [6.07, 6.45) is 3.31. The van der Waals surface area contributed by atoms with Crippen molar-refractivity contribution in [1.29, 1.82) is 0 Å². The van der Waals surface area contributed by atoms with Crippen molar-refractivity contribution in [2.24, 2.45) is 11.7 Å². The zero-order chi connectivity index (χ0) is 14.5. The fourth-order valence-electron chi connectivity index (χ4n) is 1.73. The van der Waals surface area contributed by atoms with Crippen molar-refractivity contribution in [2.75, 3.05) is 6.54 Å². The Bertz CT molecular complexity index is 577. The molecule has 2 aromatic rings. The lowest BCUT2D eigenvalue weighted by Crippen LogP contribution is -2.36. The topological polar surface area (TPSA) is 107 Å². The van der Waals surface area contributed by atoms with E-state index >= 15 is 0 Å². The number of carbonyl (C=O) groups excluding carboxylic acids is 1. The average Bonchev–Trinajstić information content (AvgIpc) is 2.94. The average molecular weight is 348 g/mol. The Morgan fingerprint density at radius 1 is 1.32 bits per heavy atom. The van der Waals surface area contributed by atoms with E-state index in [9.17, 15) is 4.79 Å². The maximum Gasteiger partial charge on any atom is 0.249 e. The van der Waals surface area contributed by atoms with Crippen molar-refractivity contribution in [2.45, 2.75) is 19.9 Å². The van der Waals surface area contributed by atoms with Crippen LogP contribution in [0.5, 0.6) is 0 Å². The van der Waals surface area contributed by atoms with Crippen molar-refractivity contribution in [3.05, 3.63) is 30.4 Å². The summed E-state index contributed by atoms with van der Waals surface area (Å²) in [5.74, 6) is 0.687. The van der Waals surface area contributed by atoms with Gasteiger partial charge >= 0.3 is 0 Å². The summed E-state index contributed by atoms with van der Waals surface area (Å²) in [6.45, 7) is 3.84. The van der Waals surface area contributed by atoms with E-state index < -0.39 is 0 Å². The van der Waals surface area contributed by atoms with Crippen molar-refractivity contribution in [3.8, 4) is 11.4 Å². The van der Waals surface area contributed by atoms with Crippen LogP contribution >= 0.6 is 24.8 Å². The van der Waals surface area contributed by atoms with Gasteiger partial charge in [0.15, 0.2) is 0 Å². The summed E-state index contributed by atoms with van der Waals surface area (Å²) < 4.78 is 5.25. The summed E-state index contributed by atoms with van der Waals surface area (Å²) in [5.41, 5.74) is 6.12. The number of halogens is 2. The second kappa shape index (κ2) is 9.34. The third-order valence-electron chi connectivity index (χ3n) is 2.81. The Morgan fingerprint density at radius 3 is 2.50 bits per heavy atom. The van der Waals surface area contributed by atoms with Crippen LogP contribution in [0.25, 0.3) is 11.4 Å². The molecule has 0 saturated carbocycles. The molecular weight excluding hydrogens is 329 g/mol. The summed E-state index contributed by atoms with van der Waals surface area (Å²) in [7, 11) is 0. The molecule has 0 radical (unpaired) electrons. The van der Waals surface area contributed by atoms with Crippen LogP contribution in [-0.2, 0) is 4.79 Å². The lowest BCUT2D eigenvalue weighted by atomic mass is 10.0. The van der Waals surface area contributed by atoms with Gasteiger partial charge in [-0.3, -0.25) is 9.78 Å². The highest BCUT2D eigenvalue weighted by Crippen LogP contribution is 2.23. The molecule has 0 aromatic carbocycles. The minimum atomic E-state index is -0.353. The summed E-state index contributed by atoms with van der Waals surface area (Å²) in [4.78, 5) is 19.7. The predicted molar refractivity (Wildman–Crippen MR) is 86.8 cm³/mol. The Balaban J connectivity index is 0.00000220.